The standard InChI is InChI=1S/C22H18F2N2O3S/c1-13-4-6-15(7-5-13)17-12-30-21(26-17)16(11-25)8-14-9-18(27-2)20(29-22(23)24)19(10-14)28-3/h4-10,12,22H,1-3H3/b16-8+. The molecule has 30 heavy (non-hydrogen) atoms. The van der Waals surface area contributed by atoms with Crippen molar-refractivity contribution >= 4 is 23.0 Å². The van der Waals surface area contributed by atoms with Crippen molar-refractivity contribution in [2.45, 2.75) is 13.5 Å². The largest absolute Gasteiger partial charge is 0.493 e. The fraction of sp³-hybridized carbons (Fsp3) is 0.182. The van der Waals surface area contributed by atoms with Crippen molar-refractivity contribution in [3.05, 3.63) is 57.9 Å². The van der Waals surface area contributed by atoms with Crippen molar-refractivity contribution in [2.75, 3.05) is 14.2 Å². The lowest BCUT2D eigenvalue weighted by atomic mass is 10.1. The number of aryl methyl sites for hydroxylation is 1. The van der Waals surface area contributed by atoms with Crippen molar-refractivity contribution in [2.24, 2.45) is 0 Å². The normalized spacial score (nSPS) is 11.3. The van der Waals surface area contributed by atoms with Gasteiger partial charge in [-0.2, -0.15) is 14.0 Å². The van der Waals surface area contributed by atoms with Crippen LogP contribution in [-0.4, -0.2) is 25.8 Å². The molecule has 1 aromatic heterocycles. The van der Waals surface area contributed by atoms with E-state index in [0.717, 1.165) is 16.8 Å². The molecule has 0 amide bonds. The van der Waals surface area contributed by atoms with Gasteiger partial charge in [-0.3, -0.25) is 0 Å². The number of aromatic nitrogens is 1. The van der Waals surface area contributed by atoms with Crippen molar-refractivity contribution < 1.29 is 23.0 Å². The fourth-order valence-electron chi connectivity index (χ4n) is 2.75. The smallest absolute Gasteiger partial charge is 0.387 e. The number of ether oxygens (including phenoxy) is 3. The van der Waals surface area contributed by atoms with Gasteiger partial charge in [0.05, 0.1) is 25.5 Å². The van der Waals surface area contributed by atoms with Gasteiger partial charge in [-0.1, -0.05) is 29.8 Å². The third kappa shape index (κ3) is 4.75. The highest BCUT2D eigenvalue weighted by molar-refractivity contribution is 7.11. The third-order valence-corrected chi connectivity index (χ3v) is 5.08. The van der Waals surface area contributed by atoms with Gasteiger partial charge in [0.2, 0.25) is 5.75 Å². The highest BCUT2D eigenvalue weighted by Crippen LogP contribution is 2.40. The number of allylic oxidation sites excluding steroid dienone is 1. The van der Waals surface area contributed by atoms with E-state index < -0.39 is 6.61 Å². The molecular formula is C22H18F2N2O3S. The molecule has 5 nitrogen and oxygen atoms in total. The zero-order valence-corrected chi connectivity index (χ0v) is 17.3. The van der Waals surface area contributed by atoms with Crippen molar-refractivity contribution in [3.63, 3.8) is 0 Å². The first kappa shape index (κ1) is 21.3. The van der Waals surface area contributed by atoms with Crippen molar-refractivity contribution in [1.29, 1.82) is 5.26 Å². The Kier molecular flexibility index (Phi) is 6.65. The molecule has 3 rings (SSSR count). The highest BCUT2D eigenvalue weighted by Gasteiger charge is 2.18. The Morgan fingerprint density at radius 3 is 2.30 bits per heavy atom. The quantitative estimate of drug-likeness (QED) is 0.445. The molecule has 0 aliphatic heterocycles. The molecule has 154 valence electrons. The minimum atomic E-state index is -3.03. The van der Waals surface area contributed by atoms with Gasteiger partial charge < -0.3 is 14.2 Å². The predicted molar refractivity (Wildman–Crippen MR) is 112 cm³/mol. The van der Waals surface area contributed by atoms with E-state index in [-0.39, 0.29) is 17.2 Å². The summed E-state index contributed by atoms with van der Waals surface area (Å²) in [6.45, 7) is -1.02. The Bertz CT molecular complexity index is 1080. The van der Waals surface area contributed by atoms with Gasteiger partial charge in [-0.15, -0.1) is 11.3 Å². The summed E-state index contributed by atoms with van der Waals surface area (Å²) in [6.07, 6.45) is 1.59. The van der Waals surface area contributed by atoms with E-state index in [9.17, 15) is 14.0 Å². The molecule has 0 spiro atoms. The molecule has 0 bridgehead atoms. The average Bonchev–Trinajstić information content (AvgIpc) is 3.22. The molecule has 0 N–H and O–H groups in total. The summed E-state index contributed by atoms with van der Waals surface area (Å²) >= 11 is 1.34. The second-order valence-corrected chi connectivity index (χ2v) is 7.06. The zero-order valence-electron chi connectivity index (χ0n) is 16.5. The Labute approximate surface area is 176 Å². The topological polar surface area (TPSA) is 64.4 Å². The maximum Gasteiger partial charge on any atom is 0.387 e. The Morgan fingerprint density at radius 2 is 1.77 bits per heavy atom. The Hall–Kier alpha value is -3.44. The van der Waals surface area contributed by atoms with E-state index in [0.29, 0.717) is 16.1 Å². The van der Waals surface area contributed by atoms with E-state index in [1.807, 2.05) is 36.6 Å². The second kappa shape index (κ2) is 9.37. The lowest BCUT2D eigenvalue weighted by molar-refractivity contribution is -0.0526. The number of hydrogen-bond acceptors (Lipinski definition) is 6. The van der Waals surface area contributed by atoms with E-state index >= 15 is 0 Å². The third-order valence-electron chi connectivity index (χ3n) is 4.20. The maximum absolute atomic E-state index is 12.7. The van der Waals surface area contributed by atoms with Crippen LogP contribution in [0.4, 0.5) is 8.78 Å². The molecule has 0 saturated carbocycles. The summed E-state index contributed by atoms with van der Waals surface area (Å²) in [6, 6.07) is 13.1. The highest BCUT2D eigenvalue weighted by atomic mass is 32.1. The summed E-state index contributed by atoms with van der Waals surface area (Å²) in [7, 11) is 2.67. The second-order valence-electron chi connectivity index (χ2n) is 6.21. The van der Waals surface area contributed by atoms with Crippen LogP contribution in [0.25, 0.3) is 22.9 Å². The number of halogens is 2. The summed E-state index contributed by atoms with van der Waals surface area (Å²) in [4.78, 5) is 4.56. The molecule has 0 atom stereocenters. The van der Waals surface area contributed by atoms with Gasteiger partial charge in [0.25, 0.3) is 0 Å². The number of benzene rings is 2. The summed E-state index contributed by atoms with van der Waals surface area (Å²) in [5, 5.41) is 12.1. The number of hydrogen-bond donors (Lipinski definition) is 0. The van der Waals surface area contributed by atoms with Crippen LogP contribution < -0.4 is 14.2 Å². The first-order valence-corrected chi connectivity index (χ1v) is 9.68. The lowest BCUT2D eigenvalue weighted by Crippen LogP contribution is -2.05. The molecule has 0 aliphatic rings. The SMILES string of the molecule is COc1cc(/C=C(\C#N)c2nc(-c3ccc(C)cc3)cs2)cc(OC)c1OC(F)F. The van der Waals surface area contributed by atoms with Crippen molar-refractivity contribution in [3.8, 4) is 34.6 Å². The Balaban J connectivity index is 1.98. The molecule has 0 unspecified atom stereocenters. The van der Waals surface area contributed by atoms with Gasteiger partial charge >= 0.3 is 6.61 Å². The van der Waals surface area contributed by atoms with E-state index in [1.165, 1.54) is 37.7 Å². The molecule has 0 saturated heterocycles. The van der Waals surface area contributed by atoms with Crippen LogP contribution in [0.15, 0.2) is 41.8 Å². The molecule has 3 aromatic rings. The molecular weight excluding hydrogens is 410 g/mol. The van der Waals surface area contributed by atoms with Crippen LogP contribution in [0.2, 0.25) is 0 Å². The molecule has 0 radical (unpaired) electrons. The van der Waals surface area contributed by atoms with Crippen molar-refractivity contribution in [1.82, 2.24) is 4.98 Å². The van der Waals surface area contributed by atoms with E-state index in [4.69, 9.17) is 9.47 Å². The van der Waals surface area contributed by atoms with Crippen LogP contribution >= 0.6 is 11.3 Å². The van der Waals surface area contributed by atoms with E-state index in [1.54, 1.807) is 6.08 Å². The summed E-state index contributed by atoms with van der Waals surface area (Å²) < 4.78 is 40.2. The van der Waals surface area contributed by atoms with Crippen LogP contribution in [0.3, 0.4) is 0 Å². The monoisotopic (exact) mass is 428 g/mol. The van der Waals surface area contributed by atoms with Crippen LogP contribution in [0.1, 0.15) is 16.1 Å². The van der Waals surface area contributed by atoms with Gasteiger partial charge in [-0.25, -0.2) is 4.98 Å². The van der Waals surface area contributed by atoms with Gasteiger partial charge in [-0.05, 0) is 30.7 Å². The maximum atomic E-state index is 12.7. The average molecular weight is 428 g/mol. The zero-order chi connectivity index (χ0) is 21.7. The number of thiazole rings is 1. The summed E-state index contributed by atoms with van der Waals surface area (Å²) in [5.74, 6) is -0.0723. The van der Waals surface area contributed by atoms with E-state index in [2.05, 4.69) is 15.8 Å². The molecule has 0 fully saturated rings. The van der Waals surface area contributed by atoms with Gasteiger partial charge in [0.1, 0.15) is 11.1 Å². The number of nitriles is 1. The van der Waals surface area contributed by atoms with Gasteiger partial charge in [0, 0.05) is 10.9 Å². The number of rotatable bonds is 7. The minimum absolute atomic E-state index is 0.0673. The summed E-state index contributed by atoms with van der Waals surface area (Å²) in [5.41, 5.74) is 3.72. The molecule has 0 aliphatic carbocycles. The molecule has 8 heteroatoms. The van der Waals surface area contributed by atoms with Gasteiger partial charge in [0.15, 0.2) is 11.5 Å². The lowest BCUT2D eigenvalue weighted by Gasteiger charge is -2.14. The molecule has 1 heterocycles. The first-order valence-electron chi connectivity index (χ1n) is 8.80. The van der Waals surface area contributed by atoms with Crippen LogP contribution in [0.5, 0.6) is 17.2 Å². The number of methoxy groups -OCH3 is 2. The Morgan fingerprint density at radius 1 is 1.13 bits per heavy atom. The molecule has 2 aromatic carbocycles. The number of nitrogens with zero attached hydrogens (tertiary/aromatic N) is 2. The first-order chi connectivity index (χ1) is 14.4. The minimum Gasteiger partial charge on any atom is -0.493 e. The predicted octanol–water partition coefficient (Wildman–Crippen LogP) is 5.80. The van der Waals surface area contributed by atoms with Crippen LogP contribution in [-0.2, 0) is 0 Å². The van der Waals surface area contributed by atoms with Crippen LogP contribution in [0, 0.1) is 18.3 Å². The fourth-order valence-corrected chi connectivity index (χ4v) is 3.55. The number of alkyl halides is 2.